The van der Waals surface area contributed by atoms with E-state index in [4.69, 9.17) is 4.74 Å². The maximum atomic E-state index is 12.7. The summed E-state index contributed by atoms with van der Waals surface area (Å²) in [6, 6.07) is 5.46. The molecule has 1 fully saturated rings. The largest absolute Gasteiger partial charge is 0.462 e. The topological polar surface area (TPSA) is 26.3 Å². The van der Waals surface area contributed by atoms with Crippen molar-refractivity contribution in [1.82, 2.24) is 0 Å². The lowest BCUT2D eigenvalue weighted by atomic mass is 9.90. The number of halogens is 1. The van der Waals surface area contributed by atoms with E-state index < -0.39 is 0 Å². The predicted molar refractivity (Wildman–Crippen MR) is 63.3 cm³/mol. The van der Waals surface area contributed by atoms with E-state index in [9.17, 15) is 9.18 Å². The zero-order valence-electron chi connectivity index (χ0n) is 9.82. The molecule has 92 valence electrons. The molecule has 0 heterocycles. The predicted octanol–water partition coefficient (Wildman–Crippen LogP) is 3.56. The Morgan fingerprint density at radius 2 is 1.82 bits per heavy atom. The van der Waals surface area contributed by atoms with Crippen molar-refractivity contribution in [3.05, 3.63) is 35.6 Å². The first-order valence-electron chi connectivity index (χ1n) is 6.18. The van der Waals surface area contributed by atoms with Crippen molar-refractivity contribution in [2.75, 3.05) is 6.61 Å². The molecule has 0 unspecified atom stereocenters. The van der Waals surface area contributed by atoms with E-state index in [0.29, 0.717) is 18.1 Å². The molecule has 0 N–H and O–H groups in total. The molecule has 0 radical (unpaired) electrons. The molecule has 0 amide bonds. The van der Waals surface area contributed by atoms with Crippen LogP contribution in [0.3, 0.4) is 0 Å². The second-order valence-electron chi connectivity index (χ2n) is 4.61. The minimum Gasteiger partial charge on any atom is -0.462 e. The van der Waals surface area contributed by atoms with E-state index in [1.165, 1.54) is 43.5 Å². The summed E-state index contributed by atoms with van der Waals surface area (Å²) in [5.74, 6) is -0.183. The van der Waals surface area contributed by atoms with Crippen molar-refractivity contribution in [2.24, 2.45) is 5.92 Å². The summed E-state index contributed by atoms with van der Waals surface area (Å²) in [7, 11) is 0. The molecule has 3 heteroatoms. The van der Waals surface area contributed by atoms with Crippen LogP contribution in [0.15, 0.2) is 24.3 Å². The number of hydrogen-bond acceptors (Lipinski definition) is 2. The maximum absolute atomic E-state index is 12.7. The molecule has 1 aliphatic rings. The first kappa shape index (κ1) is 12.1. The Balaban J connectivity index is 1.82. The van der Waals surface area contributed by atoms with Gasteiger partial charge in [-0.05, 0) is 43.0 Å². The van der Waals surface area contributed by atoms with Crippen LogP contribution < -0.4 is 0 Å². The molecule has 1 aromatic rings. The van der Waals surface area contributed by atoms with Gasteiger partial charge in [-0.15, -0.1) is 0 Å². The van der Waals surface area contributed by atoms with E-state index in [1.54, 1.807) is 0 Å². The minimum atomic E-state index is -0.351. The summed E-state index contributed by atoms with van der Waals surface area (Å²) >= 11 is 0. The number of benzene rings is 1. The van der Waals surface area contributed by atoms with Gasteiger partial charge in [0, 0.05) is 0 Å². The molecule has 1 aliphatic carbocycles. The Hall–Kier alpha value is -1.38. The Labute approximate surface area is 101 Å². The van der Waals surface area contributed by atoms with Crippen molar-refractivity contribution < 1.29 is 13.9 Å². The van der Waals surface area contributed by atoms with Gasteiger partial charge in [0.05, 0.1) is 12.2 Å². The van der Waals surface area contributed by atoms with Gasteiger partial charge in [0.1, 0.15) is 5.82 Å². The van der Waals surface area contributed by atoms with Gasteiger partial charge >= 0.3 is 5.97 Å². The average Bonchev–Trinajstić information content (AvgIpc) is 2.38. The fourth-order valence-corrected chi connectivity index (χ4v) is 2.22. The molecule has 0 spiro atoms. The van der Waals surface area contributed by atoms with Crippen LogP contribution in [-0.4, -0.2) is 12.6 Å². The Kier molecular flexibility index (Phi) is 4.13. The van der Waals surface area contributed by atoms with Crippen LogP contribution in [-0.2, 0) is 4.74 Å². The standard InChI is InChI=1S/C14H17FO2/c15-13-8-6-12(7-9-13)14(16)17-10-11-4-2-1-3-5-11/h6-9,11H,1-5,10H2. The monoisotopic (exact) mass is 236 g/mol. The highest BCUT2D eigenvalue weighted by Crippen LogP contribution is 2.23. The average molecular weight is 236 g/mol. The molecular weight excluding hydrogens is 219 g/mol. The van der Waals surface area contributed by atoms with Crippen LogP contribution in [0.2, 0.25) is 0 Å². The fourth-order valence-electron chi connectivity index (χ4n) is 2.22. The summed E-state index contributed by atoms with van der Waals surface area (Å²) in [5.41, 5.74) is 0.419. The van der Waals surface area contributed by atoms with Gasteiger partial charge in [0.15, 0.2) is 0 Å². The molecule has 0 aromatic heterocycles. The molecule has 2 nitrogen and oxygen atoms in total. The van der Waals surface area contributed by atoms with E-state index >= 15 is 0 Å². The molecule has 17 heavy (non-hydrogen) atoms. The smallest absolute Gasteiger partial charge is 0.338 e. The molecule has 1 saturated carbocycles. The number of carbonyl (C=O) groups is 1. The van der Waals surface area contributed by atoms with E-state index in [-0.39, 0.29) is 11.8 Å². The van der Waals surface area contributed by atoms with Crippen molar-refractivity contribution in [3.63, 3.8) is 0 Å². The minimum absolute atomic E-state index is 0.339. The summed E-state index contributed by atoms with van der Waals surface area (Å²) in [4.78, 5) is 11.7. The van der Waals surface area contributed by atoms with Gasteiger partial charge in [-0.1, -0.05) is 19.3 Å². The van der Waals surface area contributed by atoms with Crippen molar-refractivity contribution in [1.29, 1.82) is 0 Å². The van der Waals surface area contributed by atoms with Crippen LogP contribution in [0, 0.1) is 11.7 Å². The fraction of sp³-hybridized carbons (Fsp3) is 0.500. The third-order valence-electron chi connectivity index (χ3n) is 3.25. The zero-order valence-corrected chi connectivity index (χ0v) is 9.82. The van der Waals surface area contributed by atoms with E-state index in [2.05, 4.69) is 0 Å². The summed E-state index contributed by atoms with van der Waals surface area (Å²) in [5, 5.41) is 0. The van der Waals surface area contributed by atoms with Gasteiger partial charge in [0.2, 0.25) is 0 Å². The Bertz CT molecular complexity index is 366. The van der Waals surface area contributed by atoms with Gasteiger partial charge in [-0.2, -0.15) is 0 Å². The van der Waals surface area contributed by atoms with Crippen LogP contribution >= 0.6 is 0 Å². The third-order valence-corrected chi connectivity index (χ3v) is 3.25. The Morgan fingerprint density at radius 3 is 2.47 bits per heavy atom. The molecule has 0 aliphatic heterocycles. The second-order valence-corrected chi connectivity index (χ2v) is 4.61. The highest BCUT2D eigenvalue weighted by molar-refractivity contribution is 5.89. The highest BCUT2D eigenvalue weighted by atomic mass is 19.1. The van der Waals surface area contributed by atoms with E-state index in [0.717, 1.165) is 12.8 Å². The molecule has 2 rings (SSSR count). The molecule has 0 saturated heterocycles. The van der Waals surface area contributed by atoms with Crippen LogP contribution in [0.5, 0.6) is 0 Å². The van der Waals surface area contributed by atoms with Crippen molar-refractivity contribution >= 4 is 5.97 Å². The lowest BCUT2D eigenvalue weighted by Gasteiger charge is -2.20. The molecule has 0 atom stereocenters. The van der Waals surface area contributed by atoms with E-state index in [1.807, 2.05) is 0 Å². The van der Waals surface area contributed by atoms with Crippen molar-refractivity contribution in [3.8, 4) is 0 Å². The summed E-state index contributed by atoms with van der Waals surface area (Å²) in [6.45, 7) is 0.496. The third kappa shape index (κ3) is 3.55. The van der Waals surface area contributed by atoms with Gasteiger partial charge in [-0.25, -0.2) is 9.18 Å². The first-order valence-corrected chi connectivity index (χ1v) is 6.18. The van der Waals surface area contributed by atoms with Crippen LogP contribution in [0.4, 0.5) is 4.39 Å². The number of rotatable bonds is 3. The summed E-state index contributed by atoms with van der Waals surface area (Å²) < 4.78 is 17.9. The molecule has 1 aromatic carbocycles. The maximum Gasteiger partial charge on any atom is 0.338 e. The van der Waals surface area contributed by atoms with Crippen LogP contribution in [0.1, 0.15) is 42.5 Å². The SMILES string of the molecule is O=C(OCC1CCCCC1)c1ccc(F)cc1. The first-order chi connectivity index (χ1) is 8.25. The normalized spacial score (nSPS) is 16.8. The van der Waals surface area contributed by atoms with Gasteiger partial charge in [0.25, 0.3) is 0 Å². The molecular formula is C14H17FO2. The van der Waals surface area contributed by atoms with Crippen molar-refractivity contribution in [2.45, 2.75) is 32.1 Å². The Morgan fingerprint density at radius 1 is 1.18 bits per heavy atom. The van der Waals surface area contributed by atoms with Gasteiger partial charge < -0.3 is 4.74 Å². The second kappa shape index (κ2) is 5.80. The number of esters is 1. The quantitative estimate of drug-likeness (QED) is 0.750. The lowest BCUT2D eigenvalue weighted by Crippen LogP contribution is -2.16. The number of hydrogen-bond donors (Lipinski definition) is 0. The highest BCUT2D eigenvalue weighted by Gasteiger charge is 2.16. The van der Waals surface area contributed by atoms with Gasteiger partial charge in [-0.3, -0.25) is 0 Å². The number of ether oxygens (including phenoxy) is 1. The van der Waals surface area contributed by atoms with Crippen LogP contribution in [0.25, 0.3) is 0 Å². The molecule has 0 bridgehead atoms. The zero-order chi connectivity index (χ0) is 12.1. The number of carbonyl (C=O) groups excluding carboxylic acids is 1. The lowest BCUT2D eigenvalue weighted by molar-refractivity contribution is 0.0410. The summed E-state index contributed by atoms with van der Waals surface area (Å²) in [6.07, 6.45) is 6.06.